The molecule has 0 aliphatic carbocycles. The number of anilines is 1. The average molecular weight is 512 g/mol. The van der Waals surface area contributed by atoms with Gasteiger partial charge in [0.15, 0.2) is 0 Å². The van der Waals surface area contributed by atoms with E-state index in [4.69, 9.17) is 11.6 Å². The first-order valence-corrected chi connectivity index (χ1v) is 13.5. The monoisotopic (exact) mass is 511 g/mol. The van der Waals surface area contributed by atoms with E-state index in [1.54, 1.807) is 47.4 Å². The van der Waals surface area contributed by atoms with Gasteiger partial charge < -0.3 is 4.90 Å². The normalized spacial score (nSPS) is 14.7. The van der Waals surface area contributed by atoms with Gasteiger partial charge in [0.25, 0.3) is 10.0 Å². The molecule has 1 heterocycles. The molecule has 1 aliphatic heterocycles. The van der Waals surface area contributed by atoms with Gasteiger partial charge in [0, 0.05) is 37.7 Å². The number of carbonyl (C=O) groups excluding carboxylic acids is 1. The second-order valence-electron chi connectivity index (χ2n) is 8.90. The van der Waals surface area contributed by atoms with E-state index in [1.165, 1.54) is 9.87 Å². The van der Waals surface area contributed by atoms with Gasteiger partial charge in [-0.15, -0.1) is 0 Å². The van der Waals surface area contributed by atoms with Crippen LogP contribution in [-0.4, -0.2) is 56.8 Å². The molecule has 3 aromatic carbocycles. The van der Waals surface area contributed by atoms with Gasteiger partial charge in [-0.3, -0.25) is 14.0 Å². The fraction of sp³-hybridized carbons (Fsp3) is 0.296. The predicted octanol–water partition coefficient (Wildman–Crippen LogP) is 4.50. The Labute approximate surface area is 212 Å². The van der Waals surface area contributed by atoms with Crippen molar-refractivity contribution in [3.8, 4) is 0 Å². The second-order valence-corrected chi connectivity index (χ2v) is 11.2. The highest BCUT2D eigenvalue weighted by atomic mass is 35.5. The highest BCUT2D eigenvalue weighted by molar-refractivity contribution is 7.92. The molecule has 35 heavy (non-hydrogen) atoms. The quantitative estimate of drug-likeness (QED) is 0.468. The SMILES string of the molecule is Cc1ccc(S(=O)(=O)N(CC(=O)N2CCN(Cc3ccccc3)CC2)c2cc(Cl)ccc2C)cc1. The van der Waals surface area contributed by atoms with E-state index in [2.05, 4.69) is 17.0 Å². The molecule has 0 spiro atoms. The zero-order valence-electron chi connectivity index (χ0n) is 20.0. The fourth-order valence-electron chi connectivity index (χ4n) is 4.21. The van der Waals surface area contributed by atoms with Crippen LogP contribution in [0.1, 0.15) is 16.7 Å². The van der Waals surface area contributed by atoms with Gasteiger partial charge in [0.05, 0.1) is 10.6 Å². The Morgan fingerprint density at radius 2 is 1.57 bits per heavy atom. The topological polar surface area (TPSA) is 60.9 Å². The largest absolute Gasteiger partial charge is 0.339 e. The molecule has 0 atom stereocenters. The van der Waals surface area contributed by atoms with E-state index in [0.717, 1.165) is 30.8 Å². The van der Waals surface area contributed by atoms with Crippen molar-refractivity contribution in [2.75, 3.05) is 37.0 Å². The first kappa shape index (κ1) is 25.2. The smallest absolute Gasteiger partial charge is 0.264 e. The Hall–Kier alpha value is -2.87. The third-order valence-electron chi connectivity index (χ3n) is 6.30. The summed E-state index contributed by atoms with van der Waals surface area (Å²) in [7, 11) is -3.98. The second kappa shape index (κ2) is 10.8. The maximum absolute atomic E-state index is 13.7. The van der Waals surface area contributed by atoms with Crippen molar-refractivity contribution in [1.82, 2.24) is 9.80 Å². The molecule has 0 unspecified atom stereocenters. The summed E-state index contributed by atoms with van der Waals surface area (Å²) >= 11 is 6.22. The van der Waals surface area contributed by atoms with Crippen molar-refractivity contribution in [2.45, 2.75) is 25.3 Å². The Morgan fingerprint density at radius 3 is 2.23 bits per heavy atom. The number of rotatable bonds is 7. The van der Waals surface area contributed by atoms with Crippen molar-refractivity contribution < 1.29 is 13.2 Å². The molecule has 1 amide bonds. The molecule has 3 aromatic rings. The maximum atomic E-state index is 13.7. The van der Waals surface area contributed by atoms with Crippen LogP contribution in [0.4, 0.5) is 5.69 Å². The van der Waals surface area contributed by atoms with Gasteiger partial charge in [0.2, 0.25) is 5.91 Å². The zero-order chi connectivity index (χ0) is 25.0. The molecule has 4 rings (SSSR count). The molecule has 0 radical (unpaired) electrons. The Kier molecular flexibility index (Phi) is 7.79. The Morgan fingerprint density at radius 1 is 0.914 bits per heavy atom. The minimum absolute atomic E-state index is 0.142. The van der Waals surface area contributed by atoms with Crippen molar-refractivity contribution in [3.05, 3.63) is 94.5 Å². The van der Waals surface area contributed by atoms with Crippen molar-refractivity contribution >= 4 is 33.2 Å². The zero-order valence-corrected chi connectivity index (χ0v) is 21.6. The number of carbonyl (C=O) groups is 1. The van der Waals surface area contributed by atoms with Crippen LogP contribution in [0.3, 0.4) is 0 Å². The number of amides is 1. The van der Waals surface area contributed by atoms with E-state index >= 15 is 0 Å². The van der Waals surface area contributed by atoms with Crippen LogP contribution in [0.2, 0.25) is 5.02 Å². The van der Waals surface area contributed by atoms with Crippen LogP contribution in [0, 0.1) is 13.8 Å². The molecule has 1 saturated heterocycles. The predicted molar refractivity (Wildman–Crippen MR) is 140 cm³/mol. The lowest BCUT2D eigenvalue weighted by Gasteiger charge is -2.36. The van der Waals surface area contributed by atoms with Crippen molar-refractivity contribution in [2.24, 2.45) is 0 Å². The van der Waals surface area contributed by atoms with Gasteiger partial charge in [-0.25, -0.2) is 8.42 Å². The number of benzene rings is 3. The van der Waals surface area contributed by atoms with Gasteiger partial charge in [-0.2, -0.15) is 0 Å². The molecular weight excluding hydrogens is 482 g/mol. The molecule has 0 aromatic heterocycles. The Balaban J connectivity index is 1.53. The molecular formula is C27H30ClN3O3S. The standard InChI is InChI=1S/C27H30ClN3O3S/c1-21-8-12-25(13-9-21)35(33,34)31(26-18-24(28)11-10-22(26)2)20-27(32)30-16-14-29(15-17-30)19-23-6-4-3-5-7-23/h3-13,18H,14-17,19-20H2,1-2H3. The van der Waals surface area contributed by atoms with E-state index in [-0.39, 0.29) is 17.3 Å². The van der Waals surface area contributed by atoms with Crippen LogP contribution in [0.25, 0.3) is 0 Å². The molecule has 1 fully saturated rings. The molecule has 0 bridgehead atoms. The molecule has 8 heteroatoms. The highest BCUT2D eigenvalue weighted by Crippen LogP contribution is 2.30. The maximum Gasteiger partial charge on any atom is 0.264 e. The molecule has 1 aliphatic rings. The van der Waals surface area contributed by atoms with E-state index in [9.17, 15) is 13.2 Å². The van der Waals surface area contributed by atoms with Crippen LogP contribution in [0.5, 0.6) is 0 Å². The summed E-state index contributed by atoms with van der Waals surface area (Å²) in [6.07, 6.45) is 0. The number of nitrogens with zero attached hydrogens (tertiary/aromatic N) is 3. The number of hydrogen-bond donors (Lipinski definition) is 0. The van der Waals surface area contributed by atoms with E-state index < -0.39 is 10.0 Å². The lowest BCUT2D eigenvalue weighted by molar-refractivity contribution is -0.131. The Bertz CT molecular complexity index is 1270. The van der Waals surface area contributed by atoms with Gasteiger partial charge in [0.1, 0.15) is 6.54 Å². The number of hydrogen-bond acceptors (Lipinski definition) is 4. The summed E-state index contributed by atoms with van der Waals surface area (Å²) in [5, 5.41) is 0.414. The summed E-state index contributed by atoms with van der Waals surface area (Å²) in [6.45, 7) is 6.85. The summed E-state index contributed by atoms with van der Waals surface area (Å²) in [5.41, 5.74) is 3.33. The lowest BCUT2D eigenvalue weighted by Crippen LogP contribution is -2.51. The summed E-state index contributed by atoms with van der Waals surface area (Å²) in [4.78, 5) is 17.5. The minimum atomic E-state index is -3.98. The van der Waals surface area contributed by atoms with Gasteiger partial charge in [-0.1, -0.05) is 65.7 Å². The number of sulfonamides is 1. The first-order chi connectivity index (χ1) is 16.7. The number of halogens is 1. The molecule has 6 nitrogen and oxygen atoms in total. The van der Waals surface area contributed by atoms with Crippen LogP contribution < -0.4 is 4.31 Å². The van der Waals surface area contributed by atoms with Gasteiger partial charge in [-0.05, 0) is 49.2 Å². The van der Waals surface area contributed by atoms with E-state index in [1.807, 2.05) is 32.0 Å². The molecule has 0 saturated carbocycles. The third-order valence-corrected chi connectivity index (χ3v) is 8.31. The average Bonchev–Trinajstić information content (AvgIpc) is 2.85. The molecule has 184 valence electrons. The fourth-order valence-corrected chi connectivity index (χ4v) is 5.85. The summed E-state index contributed by atoms with van der Waals surface area (Å²) in [5.74, 6) is -0.223. The van der Waals surface area contributed by atoms with Crippen molar-refractivity contribution in [3.63, 3.8) is 0 Å². The highest BCUT2D eigenvalue weighted by Gasteiger charge is 2.31. The van der Waals surface area contributed by atoms with Crippen molar-refractivity contribution in [1.29, 1.82) is 0 Å². The minimum Gasteiger partial charge on any atom is -0.339 e. The lowest BCUT2D eigenvalue weighted by atomic mass is 10.2. The van der Waals surface area contributed by atoms with Crippen LogP contribution >= 0.6 is 11.6 Å². The number of piperazine rings is 1. The van der Waals surface area contributed by atoms with Crippen LogP contribution in [-0.2, 0) is 21.4 Å². The van der Waals surface area contributed by atoms with E-state index in [0.29, 0.717) is 23.8 Å². The summed E-state index contributed by atoms with van der Waals surface area (Å²) < 4.78 is 28.6. The summed E-state index contributed by atoms with van der Waals surface area (Å²) in [6, 6.07) is 22.0. The number of aryl methyl sites for hydroxylation is 2. The van der Waals surface area contributed by atoms with Gasteiger partial charge >= 0.3 is 0 Å². The third kappa shape index (κ3) is 6.04. The van der Waals surface area contributed by atoms with Crippen LogP contribution in [0.15, 0.2) is 77.7 Å². The first-order valence-electron chi connectivity index (χ1n) is 11.6. The molecule has 0 N–H and O–H groups in total.